The van der Waals surface area contributed by atoms with Gasteiger partial charge in [0.2, 0.25) is 12.5 Å². The molecule has 0 aliphatic carbocycles. The molecule has 2 atom stereocenters. The van der Waals surface area contributed by atoms with Crippen molar-refractivity contribution in [3.05, 3.63) is 82.0 Å². The first-order valence-electron chi connectivity index (χ1n) is 7.95. The Morgan fingerprint density at radius 2 is 1.71 bits per heavy atom. The fraction of sp³-hybridized carbons (Fsp3) is 0.211. The second-order valence-corrected chi connectivity index (χ2v) is 6.22. The van der Waals surface area contributed by atoms with Crippen molar-refractivity contribution in [3.63, 3.8) is 0 Å². The Balaban J connectivity index is 1.79. The standard InChI is InChI=1S/C19H16N2O3/c22-19-15(10-13-6-2-1-3-7-13)16(12-20(23)24)18-11-14-8-4-5-9-17(14)21(18)19/h1-9,11,15-16H,10,12H2/t15-,16+/m0/s1. The van der Waals surface area contributed by atoms with Crippen LogP contribution in [0.15, 0.2) is 60.7 Å². The highest BCUT2D eigenvalue weighted by atomic mass is 16.6. The second kappa shape index (κ2) is 5.60. The van der Waals surface area contributed by atoms with Crippen molar-refractivity contribution < 1.29 is 9.72 Å². The van der Waals surface area contributed by atoms with Gasteiger partial charge in [-0.25, -0.2) is 0 Å². The molecule has 5 heteroatoms. The van der Waals surface area contributed by atoms with E-state index < -0.39 is 5.92 Å². The van der Waals surface area contributed by atoms with E-state index in [1.54, 1.807) is 4.57 Å². The smallest absolute Gasteiger partial charge is 0.235 e. The number of benzene rings is 2. The minimum Gasteiger partial charge on any atom is -0.283 e. The molecule has 0 radical (unpaired) electrons. The highest BCUT2D eigenvalue weighted by Crippen LogP contribution is 2.39. The fourth-order valence-electron chi connectivity index (χ4n) is 3.72. The van der Waals surface area contributed by atoms with Crippen LogP contribution in [0.3, 0.4) is 0 Å². The molecule has 0 amide bonds. The van der Waals surface area contributed by atoms with E-state index in [9.17, 15) is 14.9 Å². The fourth-order valence-corrected chi connectivity index (χ4v) is 3.72. The molecule has 4 rings (SSSR count). The van der Waals surface area contributed by atoms with Crippen LogP contribution in [0, 0.1) is 16.0 Å². The summed E-state index contributed by atoms with van der Waals surface area (Å²) in [6, 6.07) is 19.2. The molecule has 2 aromatic carbocycles. The van der Waals surface area contributed by atoms with Crippen LogP contribution in [0.2, 0.25) is 0 Å². The van der Waals surface area contributed by atoms with Crippen LogP contribution in [-0.4, -0.2) is 21.9 Å². The summed E-state index contributed by atoms with van der Waals surface area (Å²) in [5.41, 5.74) is 2.62. The molecule has 5 nitrogen and oxygen atoms in total. The van der Waals surface area contributed by atoms with E-state index in [1.807, 2.05) is 60.7 Å². The molecule has 0 saturated heterocycles. The Bertz CT molecular complexity index is 930. The molecule has 1 aliphatic rings. The molecule has 0 fully saturated rings. The molecule has 0 unspecified atom stereocenters. The van der Waals surface area contributed by atoms with Gasteiger partial charge in [-0.2, -0.15) is 0 Å². The zero-order chi connectivity index (χ0) is 16.7. The average molecular weight is 320 g/mol. The van der Waals surface area contributed by atoms with Crippen molar-refractivity contribution in [3.8, 4) is 0 Å². The normalized spacial score (nSPS) is 19.6. The minimum absolute atomic E-state index is 0.0399. The zero-order valence-electron chi connectivity index (χ0n) is 13.0. The maximum atomic E-state index is 13.0. The van der Waals surface area contributed by atoms with Crippen molar-refractivity contribution in [1.29, 1.82) is 0 Å². The third-order valence-corrected chi connectivity index (χ3v) is 4.79. The van der Waals surface area contributed by atoms with Gasteiger partial charge in [-0.05, 0) is 24.1 Å². The van der Waals surface area contributed by atoms with Gasteiger partial charge in [-0.1, -0.05) is 48.5 Å². The molecule has 0 bridgehead atoms. The van der Waals surface area contributed by atoms with Crippen LogP contribution < -0.4 is 0 Å². The van der Waals surface area contributed by atoms with Crippen LogP contribution in [0.1, 0.15) is 22.0 Å². The Morgan fingerprint density at radius 3 is 2.46 bits per heavy atom. The second-order valence-electron chi connectivity index (χ2n) is 6.22. The first-order valence-corrected chi connectivity index (χ1v) is 7.95. The van der Waals surface area contributed by atoms with Crippen molar-refractivity contribution in [1.82, 2.24) is 4.57 Å². The van der Waals surface area contributed by atoms with E-state index in [-0.39, 0.29) is 23.3 Å². The van der Waals surface area contributed by atoms with Crippen molar-refractivity contribution in [2.24, 2.45) is 5.92 Å². The van der Waals surface area contributed by atoms with Crippen LogP contribution in [-0.2, 0) is 6.42 Å². The summed E-state index contributed by atoms with van der Waals surface area (Å²) >= 11 is 0. The predicted octanol–water partition coefficient (Wildman–Crippen LogP) is 3.51. The predicted molar refractivity (Wildman–Crippen MR) is 90.8 cm³/mol. The lowest BCUT2D eigenvalue weighted by atomic mass is 9.86. The van der Waals surface area contributed by atoms with Gasteiger partial charge >= 0.3 is 0 Å². The van der Waals surface area contributed by atoms with Gasteiger partial charge in [0.1, 0.15) is 0 Å². The number of carbonyl (C=O) groups excluding carboxylic acids is 1. The number of para-hydroxylation sites is 1. The molecule has 24 heavy (non-hydrogen) atoms. The summed E-state index contributed by atoms with van der Waals surface area (Å²) in [6.45, 7) is -0.223. The third-order valence-electron chi connectivity index (χ3n) is 4.79. The average Bonchev–Trinajstić information content (AvgIpc) is 3.07. The van der Waals surface area contributed by atoms with Crippen molar-refractivity contribution in [2.75, 3.05) is 6.54 Å². The van der Waals surface area contributed by atoms with E-state index in [0.717, 1.165) is 22.2 Å². The molecular formula is C19H16N2O3. The molecule has 0 spiro atoms. The van der Waals surface area contributed by atoms with Gasteiger partial charge in [0.15, 0.2) is 0 Å². The minimum atomic E-state index is -0.391. The summed E-state index contributed by atoms with van der Waals surface area (Å²) < 4.78 is 1.68. The molecule has 0 N–H and O–H groups in total. The van der Waals surface area contributed by atoms with E-state index in [2.05, 4.69) is 0 Å². The monoisotopic (exact) mass is 320 g/mol. The SMILES string of the molecule is O=C1[C@@H](Cc2ccccc2)[C@@H](C[N+](=O)[O-])c2cc3ccccc3n21. The number of aromatic nitrogens is 1. The number of hydrogen-bond acceptors (Lipinski definition) is 3. The topological polar surface area (TPSA) is 65.1 Å². The summed E-state index contributed by atoms with van der Waals surface area (Å²) in [4.78, 5) is 23.9. The molecule has 0 saturated carbocycles. The lowest BCUT2D eigenvalue weighted by molar-refractivity contribution is -0.484. The number of nitro groups is 1. The van der Waals surface area contributed by atoms with Gasteiger partial charge in [0.05, 0.1) is 17.4 Å². The van der Waals surface area contributed by atoms with Gasteiger partial charge in [0, 0.05) is 16.0 Å². The molecule has 120 valence electrons. The van der Waals surface area contributed by atoms with Crippen LogP contribution in [0.25, 0.3) is 10.9 Å². The van der Waals surface area contributed by atoms with Gasteiger partial charge < -0.3 is 0 Å². The molecule has 1 aromatic heterocycles. The van der Waals surface area contributed by atoms with Gasteiger partial charge in [-0.3, -0.25) is 19.5 Å². The van der Waals surface area contributed by atoms with Crippen LogP contribution in [0.4, 0.5) is 0 Å². The highest BCUT2D eigenvalue weighted by molar-refractivity contribution is 5.98. The summed E-state index contributed by atoms with van der Waals surface area (Å²) in [6.07, 6.45) is 0.522. The third kappa shape index (κ3) is 2.29. The number of rotatable bonds is 4. The van der Waals surface area contributed by atoms with E-state index in [4.69, 9.17) is 0 Å². The maximum absolute atomic E-state index is 13.0. The first kappa shape index (κ1) is 14.6. The summed E-state index contributed by atoms with van der Waals surface area (Å²) in [5, 5.41) is 12.1. The Labute approximate surface area is 138 Å². The van der Waals surface area contributed by atoms with E-state index in [1.165, 1.54) is 0 Å². The number of hydrogen-bond donors (Lipinski definition) is 0. The largest absolute Gasteiger partial charge is 0.283 e. The quantitative estimate of drug-likeness (QED) is 0.546. The Hall–Kier alpha value is -2.95. The van der Waals surface area contributed by atoms with Gasteiger partial charge in [-0.15, -0.1) is 0 Å². The van der Waals surface area contributed by atoms with Crippen molar-refractivity contribution >= 4 is 16.8 Å². The van der Waals surface area contributed by atoms with Crippen LogP contribution in [0.5, 0.6) is 0 Å². The highest BCUT2D eigenvalue weighted by Gasteiger charge is 2.43. The Kier molecular flexibility index (Phi) is 3.41. The maximum Gasteiger partial charge on any atom is 0.235 e. The first-order chi connectivity index (χ1) is 11.6. The number of carbonyl (C=O) groups is 1. The number of nitrogens with zero attached hydrogens (tertiary/aromatic N) is 2. The van der Waals surface area contributed by atoms with Crippen molar-refractivity contribution in [2.45, 2.75) is 12.3 Å². The Morgan fingerprint density at radius 1 is 1.00 bits per heavy atom. The molecule has 1 aliphatic heterocycles. The lowest BCUT2D eigenvalue weighted by Gasteiger charge is -2.14. The molecular weight excluding hydrogens is 304 g/mol. The van der Waals surface area contributed by atoms with E-state index >= 15 is 0 Å². The number of fused-ring (bicyclic) bond motifs is 3. The van der Waals surface area contributed by atoms with Gasteiger partial charge in [0.25, 0.3) is 0 Å². The summed E-state index contributed by atoms with van der Waals surface area (Å²) in [5.74, 6) is -0.820. The van der Waals surface area contributed by atoms with E-state index in [0.29, 0.717) is 6.42 Å². The summed E-state index contributed by atoms with van der Waals surface area (Å²) in [7, 11) is 0. The molecule has 2 heterocycles. The lowest BCUT2D eigenvalue weighted by Crippen LogP contribution is -2.23. The zero-order valence-corrected chi connectivity index (χ0v) is 13.0. The van der Waals surface area contributed by atoms with Crippen LogP contribution >= 0.6 is 0 Å². The molecule has 3 aromatic rings.